The number of nitrogens with zero attached hydrogens (tertiary/aromatic N) is 5. The molecule has 2 amide bonds. The monoisotopic (exact) mass is 377 g/mol. The molecule has 0 bridgehead atoms. The van der Waals surface area contributed by atoms with Crippen molar-refractivity contribution in [3.05, 3.63) is 12.3 Å². The Labute approximate surface area is 161 Å². The Hall–Kier alpha value is -2.13. The average Bonchev–Trinajstić information content (AvgIpc) is 3.11. The van der Waals surface area contributed by atoms with Gasteiger partial charge in [-0.15, -0.1) is 0 Å². The Morgan fingerprint density at radius 3 is 2.67 bits per heavy atom. The molecule has 2 fully saturated rings. The van der Waals surface area contributed by atoms with Crippen molar-refractivity contribution in [3.8, 4) is 0 Å². The fourth-order valence-corrected chi connectivity index (χ4v) is 3.83. The summed E-state index contributed by atoms with van der Waals surface area (Å²) in [7, 11) is 7.18. The molecular weight excluding hydrogens is 346 g/mol. The van der Waals surface area contributed by atoms with Gasteiger partial charge in [0.15, 0.2) is 0 Å². The maximum Gasteiger partial charge on any atom is 0.319 e. The van der Waals surface area contributed by atoms with Crippen LogP contribution in [0.4, 0.5) is 16.6 Å². The van der Waals surface area contributed by atoms with Crippen LogP contribution in [0.1, 0.15) is 12.8 Å². The predicted octanol–water partition coefficient (Wildman–Crippen LogP) is 0.458. The molecule has 0 saturated carbocycles. The van der Waals surface area contributed by atoms with Crippen molar-refractivity contribution < 1.29 is 9.53 Å². The van der Waals surface area contributed by atoms with Crippen molar-refractivity contribution in [1.82, 2.24) is 25.1 Å². The second-order valence-electron chi connectivity index (χ2n) is 7.38. The summed E-state index contributed by atoms with van der Waals surface area (Å²) in [4.78, 5) is 26.6. The Morgan fingerprint density at radius 2 is 2.04 bits per heavy atom. The van der Waals surface area contributed by atoms with Gasteiger partial charge in [0.2, 0.25) is 5.95 Å². The lowest BCUT2D eigenvalue weighted by molar-refractivity contribution is 0.0872. The minimum Gasteiger partial charge on any atom is -0.378 e. The van der Waals surface area contributed by atoms with Crippen molar-refractivity contribution >= 4 is 17.8 Å². The molecule has 2 aliphatic heterocycles. The van der Waals surface area contributed by atoms with Crippen molar-refractivity contribution in [2.24, 2.45) is 0 Å². The van der Waals surface area contributed by atoms with E-state index in [1.54, 1.807) is 32.3 Å². The number of carbonyl (C=O) groups excluding carboxylic acids is 1. The van der Waals surface area contributed by atoms with Gasteiger partial charge < -0.3 is 30.1 Å². The quantitative estimate of drug-likeness (QED) is 0.771. The molecule has 150 valence electrons. The summed E-state index contributed by atoms with van der Waals surface area (Å²) < 4.78 is 5.73. The molecule has 1 aromatic heterocycles. The molecule has 9 nitrogen and oxygen atoms in total. The van der Waals surface area contributed by atoms with E-state index in [-0.39, 0.29) is 18.2 Å². The normalized spacial score (nSPS) is 23.6. The smallest absolute Gasteiger partial charge is 0.319 e. The molecule has 0 spiro atoms. The lowest BCUT2D eigenvalue weighted by Gasteiger charge is -2.35. The molecule has 27 heavy (non-hydrogen) atoms. The topological polar surface area (TPSA) is 85.9 Å². The largest absolute Gasteiger partial charge is 0.378 e. The van der Waals surface area contributed by atoms with Crippen LogP contribution in [0.3, 0.4) is 0 Å². The van der Waals surface area contributed by atoms with Crippen molar-refractivity contribution in [1.29, 1.82) is 0 Å². The molecule has 2 N–H and O–H groups in total. The molecular formula is C18H31N7O2. The van der Waals surface area contributed by atoms with Crippen LogP contribution in [0, 0.1) is 0 Å². The third-order valence-corrected chi connectivity index (χ3v) is 5.36. The molecule has 3 heterocycles. The Morgan fingerprint density at radius 1 is 1.30 bits per heavy atom. The molecule has 3 rings (SSSR count). The van der Waals surface area contributed by atoms with Crippen LogP contribution in [0.2, 0.25) is 0 Å². The van der Waals surface area contributed by atoms with Crippen LogP contribution in [0.15, 0.2) is 12.3 Å². The maximum atomic E-state index is 12.1. The highest BCUT2D eigenvalue weighted by atomic mass is 16.5. The van der Waals surface area contributed by atoms with Gasteiger partial charge in [-0.3, -0.25) is 0 Å². The van der Waals surface area contributed by atoms with Gasteiger partial charge in [0.25, 0.3) is 0 Å². The van der Waals surface area contributed by atoms with Gasteiger partial charge >= 0.3 is 6.03 Å². The zero-order valence-electron chi connectivity index (χ0n) is 16.7. The van der Waals surface area contributed by atoms with E-state index >= 15 is 0 Å². The van der Waals surface area contributed by atoms with Gasteiger partial charge in [0, 0.05) is 66.7 Å². The van der Waals surface area contributed by atoms with E-state index in [0.717, 1.165) is 44.8 Å². The number of nitrogens with one attached hydrogen (secondary N) is 2. The first-order valence-electron chi connectivity index (χ1n) is 9.52. The Balaban J connectivity index is 1.56. The van der Waals surface area contributed by atoms with Gasteiger partial charge in [-0.2, -0.15) is 4.98 Å². The van der Waals surface area contributed by atoms with Gasteiger partial charge in [-0.1, -0.05) is 0 Å². The lowest BCUT2D eigenvalue weighted by atomic mass is 10.0. The number of rotatable bonds is 5. The van der Waals surface area contributed by atoms with E-state index in [0.29, 0.717) is 12.0 Å². The maximum absolute atomic E-state index is 12.1. The number of likely N-dealkylation sites (tertiary alicyclic amines) is 1. The fraction of sp³-hybridized carbons (Fsp3) is 0.722. The SMILES string of the molecule is CNc1nccc(N2C[C@H](OC)[C@H](NC3CCN(C(=O)N(C)C)CC3)C2)n1. The summed E-state index contributed by atoms with van der Waals surface area (Å²) >= 11 is 0. The first-order valence-corrected chi connectivity index (χ1v) is 9.52. The van der Waals surface area contributed by atoms with Gasteiger partial charge in [0.05, 0.1) is 12.1 Å². The van der Waals surface area contributed by atoms with Gasteiger partial charge in [0.1, 0.15) is 5.82 Å². The van der Waals surface area contributed by atoms with Crippen LogP contribution >= 0.6 is 0 Å². The average molecular weight is 377 g/mol. The third-order valence-electron chi connectivity index (χ3n) is 5.36. The highest BCUT2D eigenvalue weighted by Crippen LogP contribution is 2.22. The molecule has 1 aromatic rings. The first kappa shape index (κ1) is 19.6. The molecule has 0 aromatic carbocycles. The number of ether oxygens (including phenoxy) is 1. The van der Waals surface area contributed by atoms with Crippen LogP contribution in [0.5, 0.6) is 0 Å². The highest BCUT2D eigenvalue weighted by molar-refractivity contribution is 5.73. The molecule has 2 saturated heterocycles. The molecule has 9 heteroatoms. The number of aromatic nitrogens is 2. The summed E-state index contributed by atoms with van der Waals surface area (Å²) in [5.74, 6) is 1.53. The zero-order chi connectivity index (χ0) is 19.4. The van der Waals surface area contributed by atoms with Gasteiger partial charge in [-0.05, 0) is 18.9 Å². The summed E-state index contributed by atoms with van der Waals surface area (Å²) in [6.45, 7) is 3.22. The van der Waals surface area contributed by atoms with Crippen LogP contribution in [-0.4, -0.2) is 98.4 Å². The minimum atomic E-state index is 0.0966. The number of anilines is 2. The van der Waals surface area contributed by atoms with Crippen LogP contribution in [0.25, 0.3) is 0 Å². The zero-order valence-corrected chi connectivity index (χ0v) is 16.7. The lowest BCUT2D eigenvalue weighted by Crippen LogP contribution is -2.52. The first-order chi connectivity index (χ1) is 13.0. The van der Waals surface area contributed by atoms with E-state index < -0.39 is 0 Å². The number of hydrogen-bond donors (Lipinski definition) is 2. The second kappa shape index (κ2) is 8.71. The molecule has 0 radical (unpaired) electrons. The number of methoxy groups -OCH3 is 1. The van der Waals surface area contributed by atoms with E-state index in [1.807, 2.05) is 18.0 Å². The number of urea groups is 1. The highest BCUT2D eigenvalue weighted by Gasteiger charge is 2.36. The van der Waals surface area contributed by atoms with E-state index in [9.17, 15) is 4.79 Å². The third kappa shape index (κ3) is 4.59. The fourth-order valence-electron chi connectivity index (χ4n) is 3.83. The Kier molecular flexibility index (Phi) is 6.33. The predicted molar refractivity (Wildman–Crippen MR) is 105 cm³/mol. The minimum absolute atomic E-state index is 0.0966. The van der Waals surface area contributed by atoms with E-state index in [4.69, 9.17) is 4.74 Å². The number of amides is 2. The van der Waals surface area contributed by atoms with Gasteiger partial charge in [-0.25, -0.2) is 9.78 Å². The van der Waals surface area contributed by atoms with Crippen molar-refractivity contribution in [3.63, 3.8) is 0 Å². The molecule has 0 unspecified atom stereocenters. The van der Waals surface area contributed by atoms with Crippen molar-refractivity contribution in [2.45, 2.75) is 31.0 Å². The standard InChI is InChI=1S/C18H31N7O2/c1-19-17-20-8-5-16(22-17)25-11-14(15(12-25)27-4)21-13-6-9-24(10-7-13)18(26)23(2)3/h5,8,13-15,21H,6-7,9-12H2,1-4H3,(H,19,20,22)/t14-,15+/m1/s1. The van der Waals surface area contributed by atoms with E-state index in [2.05, 4.69) is 25.5 Å². The summed E-state index contributed by atoms with van der Waals surface area (Å²) in [5, 5.41) is 6.74. The summed E-state index contributed by atoms with van der Waals surface area (Å²) in [5.41, 5.74) is 0. The molecule has 2 atom stereocenters. The van der Waals surface area contributed by atoms with Crippen LogP contribution in [-0.2, 0) is 4.74 Å². The number of hydrogen-bond acceptors (Lipinski definition) is 7. The summed E-state index contributed by atoms with van der Waals surface area (Å²) in [6, 6.07) is 2.67. The summed E-state index contributed by atoms with van der Waals surface area (Å²) in [6.07, 6.45) is 3.81. The number of carbonyl (C=O) groups is 1. The van der Waals surface area contributed by atoms with E-state index in [1.165, 1.54) is 0 Å². The number of piperidine rings is 1. The van der Waals surface area contributed by atoms with Crippen molar-refractivity contribution in [2.75, 3.05) is 64.6 Å². The van der Waals surface area contributed by atoms with Crippen LogP contribution < -0.4 is 15.5 Å². The molecule has 2 aliphatic rings. The second-order valence-corrected chi connectivity index (χ2v) is 7.38. The Bertz CT molecular complexity index is 634. The molecule has 0 aliphatic carbocycles.